The quantitative estimate of drug-likeness (QED) is 0.247. The number of aryl methyl sites for hydroxylation is 1. The molecule has 0 bridgehead atoms. The first kappa shape index (κ1) is 20.8. The zero-order valence-corrected chi connectivity index (χ0v) is 17.6. The minimum absolute atomic E-state index is 0. The van der Waals surface area contributed by atoms with Crippen LogP contribution in [0.2, 0.25) is 0 Å². The highest BCUT2D eigenvalue weighted by Crippen LogP contribution is 2.11. The number of carbonyl (C=O) groups excluding carboxylic acids is 1. The summed E-state index contributed by atoms with van der Waals surface area (Å²) in [5, 5.41) is 13.4. The van der Waals surface area contributed by atoms with Crippen LogP contribution >= 0.6 is 46.7 Å². The fourth-order valence-electron chi connectivity index (χ4n) is 1.85. The fraction of sp³-hybridized carbons (Fsp3) is 0.400. The molecular formula is C15H22IN5OS2. The molecule has 1 amide bonds. The summed E-state index contributed by atoms with van der Waals surface area (Å²) in [6.45, 7) is 6.44. The second-order valence-electron chi connectivity index (χ2n) is 4.78. The van der Waals surface area contributed by atoms with E-state index in [0.717, 1.165) is 18.2 Å². The Morgan fingerprint density at radius 2 is 2.08 bits per heavy atom. The number of rotatable bonds is 7. The molecule has 2 aromatic rings. The highest BCUT2D eigenvalue weighted by Gasteiger charge is 2.10. The summed E-state index contributed by atoms with van der Waals surface area (Å²) in [5.41, 5.74) is 3.65. The average Bonchev–Trinajstić information content (AvgIpc) is 3.20. The molecule has 6 nitrogen and oxygen atoms in total. The molecule has 0 atom stereocenters. The molecular weight excluding hydrogens is 457 g/mol. The maximum absolute atomic E-state index is 12.0. The number of aliphatic imine (C=N–C) groups is 1. The summed E-state index contributed by atoms with van der Waals surface area (Å²) < 4.78 is 0. The SMILES string of the molecule is CCNC(=NCc1ccsc1)NCCNC(=O)c1scnc1C.I. The van der Waals surface area contributed by atoms with E-state index in [1.807, 2.05) is 19.2 Å². The third-order valence-corrected chi connectivity index (χ3v) is 4.66. The molecule has 0 unspecified atom stereocenters. The number of guanidine groups is 1. The van der Waals surface area contributed by atoms with Gasteiger partial charge in [0.25, 0.3) is 5.91 Å². The van der Waals surface area contributed by atoms with Crippen molar-refractivity contribution >= 4 is 58.5 Å². The van der Waals surface area contributed by atoms with E-state index in [1.54, 1.807) is 16.8 Å². The monoisotopic (exact) mass is 479 g/mol. The standard InChI is InChI=1S/C15H21N5OS2.HI/c1-3-16-15(19-8-12-4-7-22-9-12)18-6-5-17-14(21)13-11(2)20-10-23-13;/h4,7,9-10H,3,5-6,8H2,1-2H3,(H,17,21)(H2,16,18,19);1H. The van der Waals surface area contributed by atoms with Gasteiger partial charge < -0.3 is 16.0 Å². The Bertz CT molecular complexity index is 642. The Morgan fingerprint density at radius 3 is 2.71 bits per heavy atom. The largest absolute Gasteiger partial charge is 0.357 e. The van der Waals surface area contributed by atoms with Crippen molar-refractivity contribution in [1.29, 1.82) is 0 Å². The summed E-state index contributed by atoms with van der Waals surface area (Å²) >= 11 is 3.03. The van der Waals surface area contributed by atoms with E-state index in [1.165, 1.54) is 16.9 Å². The molecule has 3 N–H and O–H groups in total. The van der Waals surface area contributed by atoms with Gasteiger partial charge in [0, 0.05) is 19.6 Å². The number of thiophene rings is 1. The molecule has 2 heterocycles. The Morgan fingerprint density at radius 1 is 1.29 bits per heavy atom. The van der Waals surface area contributed by atoms with E-state index in [9.17, 15) is 4.79 Å². The Kier molecular flexibility index (Phi) is 9.88. The van der Waals surface area contributed by atoms with Crippen LogP contribution in [0, 0.1) is 6.92 Å². The van der Waals surface area contributed by atoms with Crippen molar-refractivity contribution in [3.8, 4) is 0 Å². The zero-order chi connectivity index (χ0) is 16.5. The molecule has 2 rings (SSSR count). The second-order valence-corrected chi connectivity index (χ2v) is 6.41. The van der Waals surface area contributed by atoms with E-state index < -0.39 is 0 Å². The van der Waals surface area contributed by atoms with Gasteiger partial charge in [0.1, 0.15) is 4.88 Å². The van der Waals surface area contributed by atoms with Crippen LogP contribution in [0.1, 0.15) is 27.9 Å². The predicted molar refractivity (Wildman–Crippen MR) is 112 cm³/mol. The van der Waals surface area contributed by atoms with Gasteiger partial charge in [-0.1, -0.05) is 0 Å². The van der Waals surface area contributed by atoms with Crippen LogP contribution in [-0.2, 0) is 6.54 Å². The van der Waals surface area contributed by atoms with Crippen LogP contribution in [0.5, 0.6) is 0 Å². The topological polar surface area (TPSA) is 78.4 Å². The van der Waals surface area contributed by atoms with Gasteiger partial charge in [-0.3, -0.25) is 4.79 Å². The first-order valence-corrected chi connectivity index (χ1v) is 9.24. The molecule has 9 heteroatoms. The van der Waals surface area contributed by atoms with E-state index in [-0.39, 0.29) is 29.9 Å². The number of nitrogens with one attached hydrogen (secondary N) is 3. The fourth-order valence-corrected chi connectivity index (χ4v) is 3.23. The van der Waals surface area contributed by atoms with E-state index in [2.05, 4.69) is 37.4 Å². The molecule has 24 heavy (non-hydrogen) atoms. The lowest BCUT2D eigenvalue weighted by atomic mass is 10.3. The van der Waals surface area contributed by atoms with Crippen LogP contribution in [0.15, 0.2) is 27.3 Å². The summed E-state index contributed by atoms with van der Waals surface area (Å²) in [5.74, 6) is 0.675. The number of hydrogen-bond donors (Lipinski definition) is 3. The minimum Gasteiger partial charge on any atom is -0.357 e. The molecule has 0 saturated carbocycles. The molecule has 0 aliphatic carbocycles. The van der Waals surface area contributed by atoms with Crippen molar-refractivity contribution in [3.05, 3.63) is 38.5 Å². The number of aromatic nitrogens is 1. The van der Waals surface area contributed by atoms with Gasteiger partial charge in [0.15, 0.2) is 5.96 Å². The molecule has 0 aliphatic heterocycles. The van der Waals surface area contributed by atoms with Gasteiger partial charge in [-0.25, -0.2) is 9.98 Å². The molecule has 132 valence electrons. The van der Waals surface area contributed by atoms with Crippen molar-refractivity contribution in [2.45, 2.75) is 20.4 Å². The van der Waals surface area contributed by atoms with Gasteiger partial charge in [-0.2, -0.15) is 11.3 Å². The van der Waals surface area contributed by atoms with Crippen molar-refractivity contribution in [2.24, 2.45) is 4.99 Å². The Hall–Kier alpha value is -1.20. The van der Waals surface area contributed by atoms with Gasteiger partial charge in [-0.15, -0.1) is 35.3 Å². The van der Waals surface area contributed by atoms with E-state index in [4.69, 9.17) is 0 Å². The smallest absolute Gasteiger partial charge is 0.263 e. The third-order valence-electron chi connectivity index (χ3n) is 3.00. The van der Waals surface area contributed by atoms with Crippen molar-refractivity contribution in [1.82, 2.24) is 20.9 Å². The number of amides is 1. The van der Waals surface area contributed by atoms with Crippen LogP contribution in [-0.4, -0.2) is 36.5 Å². The molecule has 0 radical (unpaired) electrons. The second kappa shape index (κ2) is 11.4. The molecule has 0 spiro atoms. The maximum atomic E-state index is 12.0. The summed E-state index contributed by atoms with van der Waals surface area (Å²) in [6, 6.07) is 2.06. The van der Waals surface area contributed by atoms with Gasteiger partial charge in [-0.05, 0) is 36.2 Å². The summed E-state index contributed by atoms with van der Waals surface area (Å²) in [7, 11) is 0. The highest BCUT2D eigenvalue weighted by molar-refractivity contribution is 14.0. The number of carbonyl (C=O) groups is 1. The first-order valence-electron chi connectivity index (χ1n) is 7.42. The third kappa shape index (κ3) is 6.73. The van der Waals surface area contributed by atoms with Crippen LogP contribution in [0.4, 0.5) is 0 Å². The number of thiazole rings is 1. The lowest BCUT2D eigenvalue weighted by Gasteiger charge is -2.11. The number of nitrogens with zero attached hydrogens (tertiary/aromatic N) is 2. The van der Waals surface area contributed by atoms with Gasteiger partial charge in [0.2, 0.25) is 0 Å². The lowest BCUT2D eigenvalue weighted by molar-refractivity contribution is 0.0957. The molecule has 0 aromatic carbocycles. The Labute approximate surface area is 167 Å². The molecule has 2 aromatic heterocycles. The van der Waals surface area contributed by atoms with Crippen LogP contribution in [0.3, 0.4) is 0 Å². The average molecular weight is 479 g/mol. The zero-order valence-electron chi connectivity index (χ0n) is 13.7. The number of hydrogen-bond acceptors (Lipinski definition) is 5. The van der Waals surface area contributed by atoms with Crippen molar-refractivity contribution in [2.75, 3.05) is 19.6 Å². The van der Waals surface area contributed by atoms with E-state index in [0.29, 0.717) is 24.5 Å². The summed E-state index contributed by atoms with van der Waals surface area (Å²) in [4.78, 5) is 21.2. The van der Waals surface area contributed by atoms with Gasteiger partial charge in [0.05, 0.1) is 17.7 Å². The first-order chi connectivity index (χ1) is 11.2. The van der Waals surface area contributed by atoms with Crippen LogP contribution in [0.25, 0.3) is 0 Å². The normalized spacial score (nSPS) is 10.8. The maximum Gasteiger partial charge on any atom is 0.263 e. The molecule has 0 aliphatic rings. The van der Waals surface area contributed by atoms with Crippen molar-refractivity contribution in [3.63, 3.8) is 0 Å². The Balaban J connectivity index is 0.00000288. The predicted octanol–water partition coefficient (Wildman–Crippen LogP) is 2.62. The van der Waals surface area contributed by atoms with Crippen LogP contribution < -0.4 is 16.0 Å². The lowest BCUT2D eigenvalue weighted by Crippen LogP contribution is -2.41. The number of halogens is 1. The van der Waals surface area contributed by atoms with Crippen molar-refractivity contribution < 1.29 is 4.79 Å². The molecule has 0 saturated heterocycles. The molecule has 0 fully saturated rings. The van der Waals surface area contributed by atoms with E-state index >= 15 is 0 Å². The minimum atomic E-state index is -0.0768. The highest BCUT2D eigenvalue weighted by atomic mass is 127. The van der Waals surface area contributed by atoms with Gasteiger partial charge >= 0.3 is 0 Å². The summed E-state index contributed by atoms with van der Waals surface area (Å²) in [6.07, 6.45) is 0.